The number of piperazine rings is 1. The molecule has 0 bridgehead atoms. The second kappa shape index (κ2) is 9.17. The molecule has 1 aromatic rings. The van der Waals surface area contributed by atoms with Crippen LogP contribution in [0.15, 0.2) is 29.2 Å². The average Bonchev–Trinajstić information content (AvgIpc) is 2.63. The van der Waals surface area contributed by atoms with Crippen molar-refractivity contribution < 1.29 is 13.2 Å². The van der Waals surface area contributed by atoms with Gasteiger partial charge in [0.1, 0.15) is 0 Å². The van der Waals surface area contributed by atoms with E-state index >= 15 is 0 Å². The van der Waals surface area contributed by atoms with Crippen LogP contribution in [0, 0.1) is 0 Å². The van der Waals surface area contributed by atoms with Crippen molar-refractivity contribution in [2.45, 2.75) is 43.5 Å². The van der Waals surface area contributed by atoms with Crippen LogP contribution in [-0.2, 0) is 21.2 Å². The molecule has 1 atom stereocenters. The molecule has 0 aromatic heterocycles. The predicted octanol–water partition coefficient (Wildman–Crippen LogP) is 1.65. The second-order valence-corrected chi connectivity index (χ2v) is 8.86. The fourth-order valence-electron chi connectivity index (χ4n) is 3.52. The number of carbonyl (C=O) groups is 1. The van der Waals surface area contributed by atoms with E-state index in [1.165, 1.54) is 0 Å². The standard InChI is InChI=1S/C18H27N3O3S.ClH/c1-15-14-19-9-12-21(15)18(22)13-16-5-7-17(8-6-16)25(23,24)20-10-3-2-4-11-20;/h5-8,15,19H,2-4,9-14H2,1H3;1H. The summed E-state index contributed by atoms with van der Waals surface area (Å²) in [6.07, 6.45) is 3.26. The summed E-state index contributed by atoms with van der Waals surface area (Å²) in [4.78, 5) is 14.7. The molecular formula is C18H28ClN3O3S. The van der Waals surface area contributed by atoms with Crippen LogP contribution in [0.5, 0.6) is 0 Å². The number of amides is 1. The number of benzene rings is 1. The quantitative estimate of drug-likeness (QED) is 0.832. The van der Waals surface area contributed by atoms with Gasteiger partial charge in [-0.2, -0.15) is 4.31 Å². The van der Waals surface area contributed by atoms with Gasteiger partial charge in [0.2, 0.25) is 15.9 Å². The Morgan fingerprint density at radius 1 is 1.12 bits per heavy atom. The molecule has 2 saturated heterocycles. The van der Waals surface area contributed by atoms with Crippen LogP contribution >= 0.6 is 12.4 Å². The molecule has 0 spiro atoms. The maximum Gasteiger partial charge on any atom is 0.243 e. The molecule has 2 heterocycles. The van der Waals surface area contributed by atoms with Crippen LogP contribution in [0.2, 0.25) is 0 Å². The summed E-state index contributed by atoms with van der Waals surface area (Å²) in [6.45, 7) is 5.61. The first-order valence-corrected chi connectivity index (χ1v) is 10.5. The molecule has 2 fully saturated rings. The first-order valence-electron chi connectivity index (χ1n) is 9.08. The number of carbonyl (C=O) groups excluding carboxylic acids is 1. The minimum atomic E-state index is -3.41. The number of sulfonamides is 1. The third kappa shape index (κ3) is 4.76. The van der Waals surface area contributed by atoms with E-state index in [0.717, 1.165) is 44.5 Å². The molecule has 1 N–H and O–H groups in total. The molecule has 2 aliphatic heterocycles. The van der Waals surface area contributed by atoms with Crippen molar-refractivity contribution in [2.75, 3.05) is 32.7 Å². The molecule has 1 unspecified atom stereocenters. The normalized spacial score (nSPS) is 21.9. The van der Waals surface area contributed by atoms with Gasteiger partial charge < -0.3 is 10.2 Å². The second-order valence-electron chi connectivity index (χ2n) is 6.93. The Hall–Kier alpha value is -1.15. The lowest BCUT2D eigenvalue weighted by molar-refractivity contribution is -0.133. The summed E-state index contributed by atoms with van der Waals surface area (Å²) in [6, 6.07) is 6.99. The predicted molar refractivity (Wildman–Crippen MR) is 104 cm³/mol. The van der Waals surface area contributed by atoms with Gasteiger partial charge in [-0.1, -0.05) is 18.6 Å². The van der Waals surface area contributed by atoms with Gasteiger partial charge in [0.15, 0.2) is 0 Å². The molecule has 6 nitrogen and oxygen atoms in total. The number of hydrogen-bond donors (Lipinski definition) is 1. The van der Waals surface area contributed by atoms with Gasteiger partial charge in [-0.3, -0.25) is 4.79 Å². The molecule has 3 rings (SSSR count). The minimum absolute atomic E-state index is 0. The monoisotopic (exact) mass is 401 g/mol. The molecule has 8 heteroatoms. The first kappa shape index (κ1) is 21.2. The van der Waals surface area contributed by atoms with E-state index in [4.69, 9.17) is 0 Å². The van der Waals surface area contributed by atoms with Crippen LogP contribution in [0.25, 0.3) is 0 Å². The van der Waals surface area contributed by atoms with Gasteiger partial charge >= 0.3 is 0 Å². The molecule has 2 aliphatic rings. The van der Waals surface area contributed by atoms with E-state index in [2.05, 4.69) is 5.32 Å². The van der Waals surface area contributed by atoms with E-state index < -0.39 is 10.0 Å². The molecule has 1 aromatic carbocycles. The average molecular weight is 402 g/mol. The van der Waals surface area contributed by atoms with Crippen molar-refractivity contribution in [2.24, 2.45) is 0 Å². The highest BCUT2D eigenvalue weighted by Crippen LogP contribution is 2.21. The summed E-state index contributed by atoms with van der Waals surface area (Å²) < 4.78 is 26.9. The van der Waals surface area contributed by atoms with Gasteiger partial charge in [-0.05, 0) is 37.5 Å². The zero-order valence-corrected chi connectivity index (χ0v) is 16.8. The summed E-state index contributed by atoms with van der Waals surface area (Å²) in [5.74, 6) is 0.0978. The third-order valence-electron chi connectivity index (χ3n) is 5.05. The highest BCUT2D eigenvalue weighted by molar-refractivity contribution is 7.89. The third-order valence-corrected chi connectivity index (χ3v) is 6.97. The summed E-state index contributed by atoms with van der Waals surface area (Å²) in [5, 5.41) is 3.27. The summed E-state index contributed by atoms with van der Waals surface area (Å²) in [5.41, 5.74) is 0.855. The lowest BCUT2D eigenvalue weighted by Crippen LogP contribution is -2.52. The fraction of sp³-hybridized carbons (Fsp3) is 0.611. The Labute approximate surface area is 162 Å². The zero-order chi connectivity index (χ0) is 17.9. The van der Waals surface area contributed by atoms with Crippen LogP contribution in [-0.4, -0.2) is 62.3 Å². The smallest absolute Gasteiger partial charge is 0.243 e. The van der Waals surface area contributed by atoms with E-state index in [9.17, 15) is 13.2 Å². The molecule has 0 aliphatic carbocycles. The summed E-state index contributed by atoms with van der Waals surface area (Å²) >= 11 is 0. The Bertz CT molecular complexity index is 703. The Morgan fingerprint density at radius 3 is 2.38 bits per heavy atom. The number of nitrogens with one attached hydrogen (secondary N) is 1. The first-order chi connectivity index (χ1) is 12.0. The van der Waals surface area contributed by atoms with Crippen molar-refractivity contribution in [3.05, 3.63) is 29.8 Å². The molecular weight excluding hydrogens is 374 g/mol. The lowest BCUT2D eigenvalue weighted by Gasteiger charge is -2.34. The SMILES string of the molecule is CC1CNCCN1C(=O)Cc1ccc(S(=O)(=O)N2CCCCC2)cc1.Cl. The summed E-state index contributed by atoms with van der Waals surface area (Å²) in [7, 11) is -3.41. The number of hydrogen-bond acceptors (Lipinski definition) is 4. The fourth-order valence-corrected chi connectivity index (χ4v) is 5.04. The maximum atomic E-state index is 12.7. The number of halogens is 1. The van der Waals surface area contributed by atoms with Crippen LogP contribution in [0.1, 0.15) is 31.7 Å². The highest BCUT2D eigenvalue weighted by Gasteiger charge is 2.26. The van der Waals surface area contributed by atoms with E-state index in [1.54, 1.807) is 28.6 Å². The molecule has 0 radical (unpaired) electrons. The van der Waals surface area contributed by atoms with Crippen molar-refractivity contribution >= 4 is 28.3 Å². The Morgan fingerprint density at radius 2 is 1.77 bits per heavy atom. The molecule has 26 heavy (non-hydrogen) atoms. The van der Waals surface area contributed by atoms with Gasteiger partial charge in [0.05, 0.1) is 11.3 Å². The van der Waals surface area contributed by atoms with Gasteiger partial charge in [-0.15, -0.1) is 12.4 Å². The minimum Gasteiger partial charge on any atom is -0.337 e. The maximum absolute atomic E-state index is 12.7. The van der Waals surface area contributed by atoms with E-state index in [-0.39, 0.29) is 24.4 Å². The van der Waals surface area contributed by atoms with Crippen LogP contribution in [0.3, 0.4) is 0 Å². The van der Waals surface area contributed by atoms with Gasteiger partial charge in [-0.25, -0.2) is 8.42 Å². The molecule has 1 amide bonds. The largest absolute Gasteiger partial charge is 0.337 e. The van der Waals surface area contributed by atoms with Crippen molar-refractivity contribution in [1.29, 1.82) is 0 Å². The van der Waals surface area contributed by atoms with E-state index in [0.29, 0.717) is 24.4 Å². The Kier molecular flexibility index (Phi) is 7.46. The van der Waals surface area contributed by atoms with Crippen molar-refractivity contribution in [3.8, 4) is 0 Å². The number of rotatable bonds is 4. The van der Waals surface area contributed by atoms with Gasteiger partial charge in [0.25, 0.3) is 0 Å². The topological polar surface area (TPSA) is 69.7 Å². The van der Waals surface area contributed by atoms with E-state index in [1.807, 2.05) is 11.8 Å². The van der Waals surface area contributed by atoms with Crippen LogP contribution < -0.4 is 5.32 Å². The van der Waals surface area contributed by atoms with Crippen molar-refractivity contribution in [1.82, 2.24) is 14.5 Å². The number of nitrogens with zero attached hydrogens (tertiary/aromatic N) is 2. The molecule has 146 valence electrons. The zero-order valence-electron chi connectivity index (χ0n) is 15.2. The Balaban J connectivity index is 0.00000243. The van der Waals surface area contributed by atoms with Crippen molar-refractivity contribution in [3.63, 3.8) is 0 Å². The number of piperidine rings is 1. The van der Waals surface area contributed by atoms with Crippen LogP contribution in [0.4, 0.5) is 0 Å². The highest BCUT2D eigenvalue weighted by atomic mass is 35.5. The lowest BCUT2D eigenvalue weighted by atomic mass is 10.1. The van der Waals surface area contributed by atoms with Gasteiger partial charge in [0, 0.05) is 38.8 Å². The molecule has 0 saturated carbocycles.